The van der Waals surface area contributed by atoms with Crippen molar-refractivity contribution in [2.24, 2.45) is 0 Å². The molecule has 1 aliphatic rings. The molecular weight excluding hydrogens is 434 g/mol. The summed E-state index contributed by atoms with van der Waals surface area (Å²) in [4.78, 5) is 22.1. The van der Waals surface area contributed by atoms with Crippen molar-refractivity contribution in [2.45, 2.75) is 29.8 Å². The van der Waals surface area contributed by atoms with E-state index in [0.29, 0.717) is 23.8 Å². The minimum absolute atomic E-state index is 0.0727. The molecule has 0 saturated carbocycles. The summed E-state index contributed by atoms with van der Waals surface area (Å²) in [6, 6.07) is 10.4. The van der Waals surface area contributed by atoms with E-state index in [0.717, 1.165) is 5.56 Å². The molecule has 3 rings (SSSR count). The number of likely N-dealkylation sites (N-methyl/N-ethyl adjacent to an activating group) is 1. The minimum Gasteiger partial charge on any atom is -0.347 e. The van der Waals surface area contributed by atoms with Gasteiger partial charge in [0.05, 0.1) is 0 Å². The Kier molecular flexibility index (Phi) is 6.99. The molecule has 2 heterocycles. The van der Waals surface area contributed by atoms with E-state index < -0.39 is 16.3 Å². The number of hydrogen-bond acceptors (Lipinski definition) is 6. The smallest absolute Gasteiger partial charge is 0.303 e. The largest absolute Gasteiger partial charge is 0.347 e. The van der Waals surface area contributed by atoms with Gasteiger partial charge in [0.2, 0.25) is 5.91 Å². The molecule has 1 N–H and O–H groups in total. The first-order valence-electron chi connectivity index (χ1n) is 8.98. The quantitative estimate of drug-likeness (QED) is 0.391. The van der Waals surface area contributed by atoms with Crippen LogP contribution in [-0.2, 0) is 20.8 Å². The molecule has 29 heavy (non-hydrogen) atoms. The molecule has 1 saturated heterocycles. The molecule has 8 nitrogen and oxygen atoms in total. The zero-order valence-corrected chi connectivity index (χ0v) is 18.5. The zero-order chi connectivity index (χ0) is 21.0. The highest BCUT2D eigenvalue weighted by molar-refractivity contribution is 7.98. The molecule has 1 atom stereocenters. The normalized spacial score (nSPS) is 17.3. The van der Waals surface area contributed by atoms with Gasteiger partial charge in [0.15, 0.2) is 5.16 Å². The number of benzene rings is 1. The van der Waals surface area contributed by atoms with E-state index in [1.54, 1.807) is 14.1 Å². The number of halogens is 1. The van der Waals surface area contributed by atoms with Crippen molar-refractivity contribution in [3.8, 4) is 0 Å². The van der Waals surface area contributed by atoms with Gasteiger partial charge in [-0.25, -0.2) is 9.97 Å². The van der Waals surface area contributed by atoms with Gasteiger partial charge in [-0.3, -0.25) is 9.52 Å². The number of carbonyl (C=O) groups is 1. The number of aromatic nitrogens is 2. The van der Waals surface area contributed by atoms with Gasteiger partial charge in [-0.15, -0.1) is 0 Å². The first-order valence-corrected chi connectivity index (χ1v) is 11.8. The number of anilines is 1. The van der Waals surface area contributed by atoms with E-state index in [1.165, 1.54) is 27.0 Å². The molecule has 1 fully saturated rings. The van der Waals surface area contributed by atoms with Crippen LogP contribution in [0.4, 0.5) is 5.82 Å². The fourth-order valence-corrected chi connectivity index (χ4v) is 5.43. The van der Waals surface area contributed by atoms with Gasteiger partial charge in [0.1, 0.15) is 17.0 Å². The molecule has 1 aromatic carbocycles. The van der Waals surface area contributed by atoms with Crippen LogP contribution in [0.2, 0.25) is 5.15 Å². The molecule has 156 valence electrons. The number of amides is 1. The van der Waals surface area contributed by atoms with Gasteiger partial charge in [-0.05, 0) is 18.4 Å². The maximum absolute atomic E-state index is 12.9. The first kappa shape index (κ1) is 21.8. The molecule has 11 heteroatoms. The van der Waals surface area contributed by atoms with Crippen LogP contribution in [-0.4, -0.2) is 60.2 Å². The number of rotatable bonds is 7. The highest BCUT2D eigenvalue weighted by atomic mass is 35.5. The Hall–Kier alpha value is -1.88. The number of thioether (sulfide) groups is 1. The maximum Gasteiger partial charge on any atom is 0.303 e. The molecule has 0 spiro atoms. The Morgan fingerprint density at radius 3 is 2.72 bits per heavy atom. The third kappa shape index (κ3) is 5.59. The molecular formula is C18H22ClN5O3S2. The minimum atomic E-state index is -3.96. The molecule has 1 aliphatic heterocycles. The summed E-state index contributed by atoms with van der Waals surface area (Å²) in [5.74, 6) is 0.454. The highest BCUT2D eigenvalue weighted by Gasteiger charge is 2.39. The number of carbonyl (C=O) groups excluding carboxylic acids is 1. The van der Waals surface area contributed by atoms with E-state index in [2.05, 4.69) is 14.7 Å². The van der Waals surface area contributed by atoms with Gasteiger partial charge in [0.25, 0.3) is 0 Å². The van der Waals surface area contributed by atoms with Gasteiger partial charge in [-0.1, -0.05) is 53.7 Å². The standard InChI is InChI=1S/C18H22ClN5O3S2/c1-23(2)17(25)14-9-6-10-24(14)29(26,27)22-16-11-15(19)20-18(21-16)28-12-13-7-4-3-5-8-13/h3-5,7-8,11,14H,6,9-10,12H2,1-2H3,(H,20,21,22)/t14-/m1/s1. The summed E-state index contributed by atoms with van der Waals surface area (Å²) in [5.41, 5.74) is 1.09. The molecule has 1 amide bonds. The zero-order valence-electron chi connectivity index (χ0n) is 16.1. The Balaban J connectivity index is 1.75. The number of hydrogen-bond donors (Lipinski definition) is 1. The maximum atomic E-state index is 12.9. The van der Waals surface area contributed by atoms with Crippen molar-refractivity contribution in [3.63, 3.8) is 0 Å². The van der Waals surface area contributed by atoms with Crippen molar-refractivity contribution in [1.29, 1.82) is 0 Å². The summed E-state index contributed by atoms with van der Waals surface area (Å²) in [7, 11) is -0.743. The van der Waals surface area contributed by atoms with Crippen LogP contribution in [0.25, 0.3) is 0 Å². The molecule has 0 unspecified atom stereocenters. The van der Waals surface area contributed by atoms with Crippen LogP contribution in [0, 0.1) is 0 Å². The van der Waals surface area contributed by atoms with E-state index >= 15 is 0 Å². The summed E-state index contributed by atoms with van der Waals surface area (Å²) in [6.07, 6.45) is 1.11. The third-order valence-electron chi connectivity index (χ3n) is 4.36. The molecule has 1 aromatic heterocycles. The van der Waals surface area contributed by atoms with Crippen LogP contribution in [0.5, 0.6) is 0 Å². The Bertz CT molecular complexity index is 973. The lowest BCUT2D eigenvalue weighted by Crippen LogP contribution is -2.47. The highest BCUT2D eigenvalue weighted by Crippen LogP contribution is 2.26. The first-order chi connectivity index (χ1) is 13.8. The topological polar surface area (TPSA) is 95.5 Å². The second kappa shape index (κ2) is 9.29. The van der Waals surface area contributed by atoms with Crippen LogP contribution in [0.1, 0.15) is 18.4 Å². The van der Waals surface area contributed by atoms with Crippen molar-refractivity contribution >= 4 is 45.3 Å². The van der Waals surface area contributed by atoms with Crippen molar-refractivity contribution in [2.75, 3.05) is 25.4 Å². The van der Waals surface area contributed by atoms with Crippen LogP contribution in [0.15, 0.2) is 41.6 Å². The fourth-order valence-electron chi connectivity index (χ4n) is 3.00. The van der Waals surface area contributed by atoms with Crippen LogP contribution < -0.4 is 4.72 Å². The molecule has 0 aliphatic carbocycles. The Morgan fingerprint density at radius 1 is 1.31 bits per heavy atom. The Morgan fingerprint density at radius 2 is 2.03 bits per heavy atom. The second-order valence-electron chi connectivity index (χ2n) is 6.74. The van der Waals surface area contributed by atoms with Crippen molar-refractivity contribution in [1.82, 2.24) is 19.2 Å². The lowest BCUT2D eigenvalue weighted by Gasteiger charge is -2.25. The van der Waals surface area contributed by atoms with E-state index in [-0.39, 0.29) is 23.4 Å². The predicted molar refractivity (Wildman–Crippen MR) is 114 cm³/mol. The predicted octanol–water partition coefficient (Wildman–Crippen LogP) is 2.63. The SMILES string of the molecule is CN(C)C(=O)[C@H]1CCCN1S(=O)(=O)Nc1cc(Cl)nc(SCc2ccccc2)n1. The van der Waals surface area contributed by atoms with Gasteiger partial charge in [-0.2, -0.15) is 12.7 Å². The summed E-state index contributed by atoms with van der Waals surface area (Å²) < 4.78 is 29.4. The Labute approximate surface area is 179 Å². The average Bonchev–Trinajstić information content (AvgIpc) is 3.16. The monoisotopic (exact) mass is 455 g/mol. The van der Waals surface area contributed by atoms with E-state index in [9.17, 15) is 13.2 Å². The van der Waals surface area contributed by atoms with E-state index in [1.807, 2.05) is 30.3 Å². The molecule has 0 radical (unpaired) electrons. The number of nitrogens with zero attached hydrogens (tertiary/aromatic N) is 4. The summed E-state index contributed by atoms with van der Waals surface area (Å²) in [5, 5.41) is 0.497. The lowest BCUT2D eigenvalue weighted by molar-refractivity contribution is -0.132. The van der Waals surface area contributed by atoms with Gasteiger partial charge < -0.3 is 4.90 Å². The van der Waals surface area contributed by atoms with Gasteiger partial charge >= 0.3 is 10.2 Å². The lowest BCUT2D eigenvalue weighted by atomic mass is 10.2. The average molecular weight is 456 g/mol. The molecule has 2 aromatic rings. The third-order valence-corrected chi connectivity index (χ3v) is 6.99. The van der Waals surface area contributed by atoms with E-state index in [4.69, 9.17) is 11.6 Å². The van der Waals surface area contributed by atoms with Crippen LogP contribution in [0.3, 0.4) is 0 Å². The van der Waals surface area contributed by atoms with Crippen molar-refractivity contribution in [3.05, 3.63) is 47.1 Å². The van der Waals surface area contributed by atoms with Crippen molar-refractivity contribution < 1.29 is 13.2 Å². The summed E-state index contributed by atoms with van der Waals surface area (Å²) in [6.45, 7) is 0.272. The fraction of sp³-hybridized carbons (Fsp3) is 0.389. The van der Waals surface area contributed by atoms with Crippen LogP contribution >= 0.6 is 23.4 Å². The van der Waals surface area contributed by atoms with Gasteiger partial charge in [0, 0.05) is 32.5 Å². The second-order valence-corrected chi connectivity index (χ2v) is 9.69. The molecule has 0 bridgehead atoms. The summed E-state index contributed by atoms with van der Waals surface area (Å²) >= 11 is 7.42. The number of nitrogens with one attached hydrogen (secondary N) is 1.